The quantitative estimate of drug-likeness (QED) is 0.443. The molecule has 3 aromatic carbocycles. The molecule has 0 saturated heterocycles. The molecule has 0 radical (unpaired) electrons. The number of aryl methyl sites for hydroxylation is 2. The third-order valence-corrected chi connectivity index (χ3v) is 6.48. The summed E-state index contributed by atoms with van der Waals surface area (Å²) in [5.74, 6) is -0.591. The smallest absolute Gasteiger partial charge is 0.338 e. The van der Waals surface area contributed by atoms with Crippen molar-refractivity contribution in [2.45, 2.75) is 25.2 Å². The number of amides is 1. The Labute approximate surface area is 199 Å². The second-order valence-electron chi connectivity index (χ2n) is 7.45. The molecule has 3 rings (SSSR count). The summed E-state index contributed by atoms with van der Waals surface area (Å²) in [6.07, 6.45) is 0.750. The van der Waals surface area contributed by atoms with Crippen LogP contribution in [0.4, 0.5) is 11.4 Å². The number of nitrogens with one attached hydrogen (secondary N) is 2. The number of rotatable bonds is 9. The lowest BCUT2D eigenvalue weighted by atomic mass is 10.1. The van der Waals surface area contributed by atoms with E-state index in [4.69, 9.17) is 9.47 Å². The van der Waals surface area contributed by atoms with Crippen LogP contribution in [0.15, 0.2) is 71.6 Å². The van der Waals surface area contributed by atoms with Crippen LogP contribution >= 0.6 is 0 Å². The van der Waals surface area contributed by atoms with Crippen molar-refractivity contribution in [2.24, 2.45) is 0 Å². The van der Waals surface area contributed by atoms with Gasteiger partial charge < -0.3 is 14.8 Å². The molecule has 0 saturated carbocycles. The van der Waals surface area contributed by atoms with Crippen molar-refractivity contribution in [1.29, 1.82) is 0 Å². The third-order valence-electron chi connectivity index (χ3n) is 5.08. The van der Waals surface area contributed by atoms with Gasteiger partial charge in [0, 0.05) is 11.4 Å². The highest BCUT2D eigenvalue weighted by Crippen LogP contribution is 2.22. The van der Waals surface area contributed by atoms with Gasteiger partial charge in [-0.3, -0.25) is 9.52 Å². The van der Waals surface area contributed by atoms with Crippen LogP contribution in [-0.4, -0.2) is 34.0 Å². The zero-order valence-electron chi connectivity index (χ0n) is 19.1. The van der Waals surface area contributed by atoms with E-state index < -0.39 is 28.5 Å². The zero-order chi connectivity index (χ0) is 24.7. The maximum atomic E-state index is 12.6. The molecule has 8 nitrogen and oxygen atoms in total. The van der Waals surface area contributed by atoms with E-state index >= 15 is 0 Å². The Balaban J connectivity index is 1.59. The van der Waals surface area contributed by atoms with Crippen LogP contribution in [0.1, 0.15) is 28.4 Å². The van der Waals surface area contributed by atoms with E-state index in [0.29, 0.717) is 17.1 Å². The maximum Gasteiger partial charge on any atom is 0.338 e. The number of carbonyl (C=O) groups excluding carboxylic acids is 2. The van der Waals surface area contributed by atoms with E-state index in [-0.39, 0.29) is 10.5 Å². The first-order valence-electron chi connectivity index (χ1n) is 10.6. The average molecular weight is 483 g/mol. The molecule has 34 heavy (non-hydrogen) atoms. The Hall–Kier alpha value is -3.85. The lowest BCUT2D eigenvalue weighted by Gasteiger charge is -2.13. The van der Waals surface area contributed by atoms with E-state index in [1.807, 2.05) is 32.0 Å². The molecule has 178 valence electrons. The van der Waals surface area contributed by atoms with Crippen LogP contribution in [0.25, 0.3) is 0 Å². The summed E-state index contributed by atoms with van der Waals surface area (Å²) in [4.78, 5) is 24.6. The normalized spacial score (nSPS) is 10.9. The summed E-state index contributed by atoms with van der Waals surface area (Å²) >= 11 is 0. The number of anilines is 2. The molecule has 3 aromatic rings. The molecule has 9 heteroatoms. The summed E-state index contributed by atoms with van der Waals surface area (Å²) in [6.45, 7) is 3.41. The van der Waals surface area contributed by atoms with Gasteiger partial charge in [0.2, 0.25) is 0 Å². The molecule has 0 aliphatic heterocycles. The van der Waals surface area contributed by atoms with Crippen molar-refractivity contribution in [3.05, 3.63) is 83.4 Å². The summed E-state index contributed by atoms with van der Waals surface area (Å²) < 4.78 is 37.8. The minimum absolute atomic E-state index is 0.0238. The monoisotopic (exact) mass is 482 g/mol. The highest BCUT2D eigenvalue weighted by atomic mass is 32.2. The number of sulfonamides is 1. The summed E-state index contributed by atoms with van der Waals surface area (Å²) in [7, 11) is -2.34. The Morgan fingerprint density at radius 2 is 1.62 bits per heavy atom. The highest BCUT2D eigenvalue weighted by Gasteiger charge is 2.17. The van der Waals surface area contributed by atoms with E-state index in [1.165, 1.54) is 31.4 Å². The fourth-order valence-electron chi connectivity index (χ4n) is 3.24. The first-order valence-corrected chi connectivity index (χ1v) is 12.0. The molecule has 0 unspecified atom stereocenters. The van der Waals surface area contributed by atoms with Crippen LogP contribution in [0.3, 0.4) is 0 Å². The topological polar surface area (TPSA) is 111 Å². The van der Waals surface area contributed by atoms with Gasteiger partial charge in [-0.1, -0.05) is 25.1 Å². The predicted octanol–water partition coefficient (Wildman–Crippen LogP) is 4.16. The van der Waals surface area contributed by atoms with Gasteiger partial charge in [0.05, 0.1) is 17.6 Å². The number of methoxy groups -OCH3 is 1. The molecule has 0 bridgehead atoms. The molecule has 1 amide bonds. The van der Waals surface area contributed by atoms with Crippen LogP contribution in [0.5, 0.6) is 5.75 Å². The minimum atomic E-state index is -3.85. The molecule has 0 atom stereocenters. The number of esters is 1. The lowest BCUT2D eigenvalue weighted by molar-refractivity contribution is -0.119. The van der Waals surface area contributed by atoms with Gasteiger partial charge in [0.1, 0.15) is 5.75 Å². The Kier molecular flexibility index (Phi) is 7.91. The van der Waals surface area contributed by atoms with Crippen LogP contribution in [0.2, 0.25) is 0 Å². The first-order chi connectivity index (χ1) is 16.2. The molecular weight excluding hydrogens is 456 g/mol. The van der Waals surface area contributed by atoms with Crippen molar-refractivity contribution in [3.63, 3.8) is 0 Å². The highest BCUT2D eigenvalue weighted by molar-refractivity contribution is 7.92. The second kappa shape index (κ2) is 10.8. The van der Waals surface area contributed by atoms with Gasteiger partial charge in [0.25, 0.3) is 15.9 Å². The maximum absolute atomic E-state index is 12.6. The predicted molar refractivity (Wildman–Crippen MR) is 130 cm³/mol. The lowest BCUT2D eigenvalue weighted by Crippen LogP contribution is -2.22. The Bertz CT molecular complexity index is 1270. The van der Waals surface area contributed by atoms with Crippen LogP contribution in [0, 0.1) is 6.92 Å². The van der Waals surface area contributed by atoms with Gasteiger partial charge in [-0.2, -0.15) is 0 Å². The van der Waals surface area contributed by atoms with Crippen LogP contribution < -0.4 is 14.8 Å². The van der Waals surface area contributed by atoms with Crippen molar-refractivity contribution in [2.75, 3.05) is 23.8 Å². The van der Waals surface area contributed by atoms with Crippen LogP contribution in [-0.2, 0) is 26.0 Å². The molecule has 2 N–H and O–H groups in total. The van der Waals surface area contributed by atoms with Gasteiger partial charge in [-0.25, -0.2) is 13.2 Å². The molecule has 0 aliphatic rings. The number of para-hydroxylation sites is 1. The second-order valence-corrected chi connectivity index (χ2v) is 9.13. The molecule has 0 aliphatic carbocycles. The SMILES string of the molecule is CCc1cccc(C)c1NC(=O)COC(=O)c1ccc(S(=O)(=O)Nc2ccc(OC)cc2)cc1. The van der Waals surface area contributed by atoms with E-state index in [2.05, 4.69) is 10.0 Å². The average Bonchev–Trinajstić information content (AvgIpc) is 2.84. The molecule has 0 aromatic heterocycles. The first kappa shape index (κ1) is 24.8. The largest absolute Gasteiger partial charge is 0.497 e. The van der Waals surface area contributed by atoms with Gasteiger partial charge >= 0.3 is 5.97 Å². The van der Waals surface area contributed by atoms with Gasteiger partial charge in [-0.05, 0) is 73.0 Å². The number of ether oxygens (including phenoxy) is 2. The van der Waals surface area contributed by atoms with Gasteiger partial charge in [-0.15, -0.1) is 0 Å². The molecule has 0 fully saturated rings. The van der Waals surface area contributed by atoms with E-state index in [1.54, 1.807) is 24.3 Å². The van der Waals surface area contributed by atoms with E-state index in [0.717, 1.165) is 17.5 Å². The minimum Gasteiger partial charge on any atom is -0.497 e. The summed E-state index contributed by atoms with van der Waals surface area (Å²) in [5, 5.41) is 2.78. The molecule has 0 heterocycles. The number of hydrogen-bond donors (Lipinski definition) is 2. The summed E-state index contributed by atoms with van der Waals surface area (Å²) in [6, 6.07) is 17.4. The fourth-order valence-corrected chi connectivity index (χ4v) is 4.29. The Morgan fingerprint density at radius 1 is 0.941 bits per heavy atom. The van der Waals surface area contributed by atoms with Crippen molar-refractivity contribution < 1.29 is 27.5 Å². The third kappa shape index (κ3) is 6.14. The Morgan fingerprint density at radius 3 is 2.24 bits per heavy atom. The van der Waals surface area contributed by atoms with Crippen molar-refractivity contribution in [3.8, 4) is 5.75 Å². The summed E-state index contributed by atoms with van der Waals surface area (Å²) in [5.41, 5.74) is 3.11. The van der Waals surface area contributed by atoms with E-state index in [9.17, 15) is 18.0 Å². The van der Waals surface area contributed by atoms with Crippen molar-refractivity contribution >= 4 is 33.3 Å². The zero-order valence-corrected chi connectivity index (χ0v) is 19.9. The number of hydrogen-bond acceptors (Lipinski definition) is 6. The molecular formula is C25H26N2O6S. The standard InChI is InChI=1S/C25H26N2O6S/c1-4-18-7-5-6-17(2)24(18)26-23(28)16-33-25(29)19-8-14-22(15-9-19)34(30,31)27-20-10-12-21(32-3)13-11-20/h5-15,27H,4,16H2,1-3H3,(H,26,28). The molecule has 0 spiro atoms. The number of benzene rings is 3. The number of carbonyl (C=O) groups is 2. The van der Waals surface area contributed by atoms with Crippen molar-refractivity contribution in [1.82, 2.24) is 0 Å². The van der Waals surface area contributed by atoms with Gasteiger partial charge in [0.15, 0.2) is 6.61 Å². The fraction of sp³-hybridized carbons (Fsp3) is 0.200.